The number of methoxy groups -OCH3 is 1. The summed E-state index contributed by atoms with van der Waals surface area (Å²) in [4.78, 5) is 22.9. The maximum Gasteiger partial charge on any atom is 0.334 e. The van der Waals surface area contributed by atoms with Crippen molar-refractivity contribution in [2.45, 2.75) is 84.0 Å². The second-order valence-corrected chi connectivity index (χ2v) is 8.32. The highest BCUT2D eigenvalue weighted by Crippen LogP contribution is 2.43. The van der Waals surface area contributed by atoms with Crippen molar-refractivity contribution in [1.29, 1.82) is 0 Å². The van der Waals surface area contributed by atoms with Gasteiger partial charge in [0.2, 0.25) is 0 Å². The van der Waals surface area contributed by atoms with Crippen molar-refractivity contribution >= 4 is 11.9 Å². The SMILES string of the molecule is CCCCCC1CCC(C2CCC(/C(=C/C(=O)O)C(=O)OC)CC2)CC1. The summed E-state index contributed by atoms with van der Waals surface area (Å²) in [6, 6.07) is 0. The lowest BCUT2D eigenvalue weighted by Crippen LogP contribution is -2.28. The molecule has 0 unspecified atom stereocenters. The third-order valence-corrected chi connectivity index (χ3v) is 6.69. The molecular weight excluding hydrogens is 328 g/mol. The smallest absolute Gasteiger partial charge is 0.334 e. The largest absolute Gasteiger partial charge is 0.478 e. The maximum atomic E-state index is 11.9. The van der Waals surface area contributed by atoms with Crippen LogP contribution in [-0.2, 0) is 14.3 Å². The molecule has 4 heteroatoms. The van der Waals surface area contributed by atoms with Gasteiger partial charge >= 0.3 is 11.9 Å². The van der Waals surface area contributed by atoms with Crippen LogP contribution in [0.4, 0.5) is 0 Å². The average Bonchev–Trinajstić information content (AvgIpc) is 2.66. The van der Waals surface area contributed by atoms with E-state index in [1.807, 2.05) is 0 Å². The fourth-order valence-electron chi connectivity index (χ4n) is 5.13. The highest BCUT2D eigenvalue weighted by atomic mass is 16.5. The Bertz CT molecular complexity index is 480. The molecule has 1 N–H and O–H groups in total. The summed E-state index contributed by atoms with van der Waals surface area (Å²) in [6.45, 7) is 2.27. The first-order valence-corrected chi connectivity index (χ1v) is 10.6. The van der Waals surface area contributed by atoms with E-state index >= 15 is 0 Å². The van der Waals surface area contributed by atoms with Crippen LogP contribution < -0.4 is 0 Å². The number of rotatable bonds is 8. The molecule has 0 atom stereocenters. The number of carbonyl (C=O) groups is 2. The number of aliphatic carboxylic acids is 1. The molecule has 26 heavy (non-hydrogen) atoms. The fraction of sp³-hybridized carbons (Fsp3) is 0.818. The van der Waals surface area contributed by atoms with Crippen molar-refractivity contribution in [2.24, 2.45) is 23.7 Å². The molecule has 0 aromatic rings. The minimum absolute atomic E-state index is 0.0418. The Labute approximate surface area is 158 Å². The predicted molar refractivity (Wildman–Crippen MR) is 103 cm³/mol. The van der Waals surface area contributed by atoms with E-state index in [2.05, 4.69) is 6.92 Å². The monoisotopic (exact) mass is 364 g/mol. The highest BCUT2D eigenvalue weighted by Gasteiger charge is 2.33. The number of unbranched alkanes of at least 4 members (excludes halogenated alkanes) is 2. The molecule has 0 saturated heterocycles. The van der Waals surface area contributed by atoms with Crippen LogP contribution in [0.3, 0.4) is 0 Å². The summed E-state index contributed by atoms with van der Waals surface area (Å²) in [5, 5.41) is 9.03. The molecule has 2 aliphatic carbocycles. The second kappa shape index (κ2) is 10.7. The maximum absolute atomic E-state index is 11.9. The normalized spacial score (nSPS) is 30.0. The van der Waals surface area contributed by atoms with Gasteiger partial charge in [0.1, 0.15) is 0 Å². The van der Waals surface area contributed by atoms with Crippen molar-refractivity contribution in [3.8, 4) is 0 Å². The van der Waals surface area contributed by atoms with Gasteiger partial charge in [-0.25, -0.2) is 9.59 Å². The molecule has 4 nitrogen and oxygen atoms in total. The van der Waals surface area contributed by atoms with Crippen molar-refractivity contribution in [3.05, 3.63) is 11.6 Å². The Balaban J connectivity index is 1.79. The number of carboxylic acids is 1. The lowest BCUT2D eigenvalue weighted by Gasteiger charge is -2.38. The van der Waals surface area contributed by atoms with Gasteiger partial charge in [0.15, 0.2) is 0 Å². The summed E-state index contributed by atoms with van der Waals surface area (Å²) >= 11 is 0. The molecule has 2 rings (SSSR count). The topological polar surface area (TPSA) is 63.6 Å². The van der Waals surface area contributed by atoms with E-state index in [0.717, 1.165) is 49.5 Å². The first-order valence-electron chi connectivity index (χ1n) is 10.6. The van der Waals surface area contributed by atoms with Crippen LogP contribution in [0.15, 0.2) is 11.6 Å². The number of carboxylic acid groups (broad SMARTS) is 1. The molecule has 0 aromatic carbocycles. The molecule has 0 heterocycles. The molecular formula is C22H36O4. The van der Waals surface area contributed by atoms with E-state index in [4.69, 9.17) is 9.84 Å². The Morgan fingerprint density at radius 2 is 1.54 bits per heavy atom. The molecule has 0 radical (unpaired) electrons. The lowest BCUT2D eigenvalue weighted by molar-refractivity contribution is -0.138. The second-order valence-electron chi connectivity index (χ2n) is 8.32. The number of hydrogen-bond acceptors (Lipinski definition) is 3. The zero-order chi connectivity index (χ0) is 18.9. The van der Waals surface area contributed by atoms with Gasteiger partial charge in [0.25, 0.3) is 0 Å². The van der Waals surface area contributed by atoms with Gasteiger partial charge in [-0.15, -0.1) is 0 Å². The van der Waals surface area contributed by atoms with Gasteiger partial charge in [-0.1, -0.05) is 45.4 Å². The van der Waals surface area contributed by atoms with Crippen LogP contribution in [-0.4, -0.2) is 24.2 Å². The molecule has 0 amide bonds. The van der Waals surface area contributed by atoms with Gasteiger partial charge in [0, 0.05) is 11.6 Å². The molecule has 0 aromatic heterocycles. The van der Waals surface area contributed by atoms with E-state index in [-0.39, 0.29) is 5.92 Å². The van der Waals surface area contributed by atoms with Crippen LogP contribution in [0.25, 0.3) is 0 Å². The Morgan fingerprint density at radius 1 is 0.962 bits per heavy atom. The van der Waals surface area contributed by atoms with Crippen LogP contribution in [0.1, 0.15) is 84.0 Å². The van der Waals surface area contributed by atoms with E-state index in [1.165, 1.54) is 58.5 Å². The van der Waals surface area contributed by atoms with Gasteiger partial charge in [-0.2, -0.15) is 0 Å². The minimum Gasteiger partial charge on any atom is -0.478 e. The fourth-order valence-corrected chi connectivity index (χ4v) is 5.13. The minimum atomic E-state index is -1.06. The van der Waals surface area contributed by atoms with Crippen LogP contribution in [0, 0.1) is 23.7 Å². The highest BCUT2D eigenvalue weighted by molar-refractivity contribution is 5.96. The quantitative estimate of drug-likeness (QED) is 0.357. The number of hydrogen-bond donors (Lipinski definition) is 1. The first kappa shape index (κ1) is 21.0. The molecule has 0 aliphatic heterocycles. The van der Waals surface area contributed by atoms with Crippen molar-refractivity contribution in [3.63, 3.8) is 0 Å². The summed E-state index contributed by atoms with van der Waals surface area (Å²) in [6.07, 6.45) is 16.1. The summed E-state index contributed by atoms with van der Waals surface area (Å²) < 4.78 is 4.79. The third-order valence-electron chi connectivity index (χ3n) is 6.69. The van der Waals surface area contributed by atoms with Crippen LogP contribution in [0.2, 0.25) is 0 Å². The first-order chi connectivity index (χ1) is 12.5. The summed E-state index contributed by atoms with van der Waals surface area (Å²) in [5.41, 5.74) is 0.345. The van der Waals surface area contributed by atoms with E-state index in [0.29, 0.717) is 5.57 Å². The van der Waals surface area contributed by atoms with Crippen LogP contribution >= 0.6 is 0 Å². The zero-order valence-corrected chi connectivity index (χ0v) is 16.5. The molecule has 2 aliphatic rings. The molecule has 2 saturated carbocycles. The predicted octanol–water partition coefficient (Wildman–Crippen LogP) is 5.36. The Morgan fingerprint density at radius 3 is 2.04 bits per heavy atom. The van der Waals surface area contributed by atoms with E-state index in [1.54, 1.807) is 0 Å². The van der Waals surface area contributed by atoms with Crippen molar-refractivity contribution in [1.82, 2.24) is 0 Å². The average molecular weight is 365 g/mol. The molecule has 0 spiro atoms. The third kappa shape index (κ3) is 6.14. The van der Waals surface area contributed by atoms with Gasteiger partial charge in [-0.05, 0) is 62.2 Å². The van der Waals surface area contributed by atoms with Crippen LogP contribution in [0.5, 0.6) is 0 Å². The zero-order valence-electron chi connectivity index (χ0n) is 16.5. The molecule has 2 fully saturated rings. The number of ether oxygens (including phenoxy) is 1. The number of esters is 1. The van der Waals surface area contributed by atoms with E-state index in [9.17, 15) is 9.59 Å². The standard InChI is InChI=1S/C22H36O4/c1-3-4-5-6-16-7-9-17(10-8-16)18-11-13-19(14-12-18)20(15-21(23)24)22(25)26-2/h15-19H,3-14H2,1-2H3,(H,23,24)/b20-15-. The van der Waals surface area contributed by atoms with Gasteiger partial charge in [0.05, 0.1) is 7.11 Å². The van der Waals surface area contributed by atoms with Crippen molar-refractivity contribution < 1.29 is 19.4 Å². The number of carbonyl (C=O) groups excluding carboxylic acids is 1. The molecule has 0 bridgehead atoms. The molecule has 148 valence electrons. The summed E-state index contributed by atoms with van der Waals surface area (Å²) in [5.74, 6) is 1.03. The van der Waals surface area contributed by atoms with Crippen molar-refractivity contribution in [2.75, 3.05) is 7.11 Å². The van der Waals surface area contributed by atoms with Gasteiger partial charge < -0.3 is 9.84 Å². The van der Waals surface area contributed by atoms with Gasteiger partial charge in [-0.3, -0.25) is 0 Å². The summed E-state index contributed by atoms with van der Waals surface area (Å²) in [7, 11) is 1.32. The van der Waals surface area contributed by atoms with E-state index < -0.39 is 11.9 Å². The Kier molecular flexibility index (Phi) is 8.67. The Hall–Kier alpha value is -1.32. The lowest BCUT2D eigenvalue weighted by atomic mass is 9.67.